The highest BCUT2D eigenvalue weighted by Gasteiger charge is 2.16. The molecule has 0 aliphatic heterocycles. The minimum absolute atomic E-state index is 0.139. The zero-order valence-corrected chi connectivity index (χ0v) is 12.9. The molecule has 0 saturated carbocycles. The Morgan fingerprint density at radius 3 is 2.20 bits per heavy atom. The maximum Gasteiger partial charge on any atom is 0.251 e. The molecule has 0 aliphatic rings. The summed E-state index contributed by atoms with van der Waals surface area (Å²) < 4.78 is 0. The highest BCUT2D eigenvalue weighted by molar-refractivity contribution is 5.94. The SMILES string of the molecule is CCC(CC)C(O)CNC(=O)c1ccc(N(C)C)cc1. The molecule has 0 radical (unpaired) electrons. The summed E-state index contributed by atoms with van der Waals surface area (Å²) >= 11 is 0. The second-order valence-electron chi connectivity index (χ2n) is 5.30. The summed E-state index contributed by atoms with van der Waals surface area (Å²) in [6.45, 7) is 4.42. The lowest BCUT2D eigenvalue weighted by atomic mass is 9.96. The van der Waals surface area contributed by atoms with Crippen LogP contribution in [0, 0.1) is 5.92 Å². The number of aliphatic hydroxyl groups excluding tert-OH is 1. The van der Waals surface area contributed by atoms with Crippen molar-refractivity contribution in [2.24, 2.45) is 5.92 Å². The van der Waals surface area contributed by atoms with Gasteiger partial charge in [-0.15, -0.1) is 0 Å². The van der Waals surface area contributed by atoms with Crippen LogP contribution in [0.1, 0.15) is 37.0 Å². The number of hydrogen-bond acceptors (Lipinski definition) is 3. The Labute approximate surface area is 121 Å². The number of amides is 1. The van der Waals surface area contributed by atoms with E-state index in [2.05, 4.69) is 19.2 Å². The van der Waals surface area contributed by atoms with Crippen LogP contribution in [0.25, 0.3) is 0 Å². The Morgan fingerprint density at radius 1 is 1.20 bits per heavy atom. The zero-order valence-electron chi connectivity index (χ0n) is 12.9. The highest BCUT2D eigenvalue weighted by atomic mass is 16.3. The molecule has 0 aliphatic carbocycles. The van der Waals surface area contributed by atoms with E-state index in [0.29, 0.717) is 12.1 Å². The van der Waals surface area contributed by atoms with E-state index in [0.717, 1.165) is 18.5 Å². The Hall–Kier alpha value is -1.55. The van der Waals surface area contributed by atoms with Gasteiger partial charge in [-0.3, -0.25) is 4.79 Å². The molecule has 0 spiro atoms. The van der Waals surface area contributed by atoms with Crippen LogP contribution in [0.3, 0.4) is 0 Å². The second-order valence-corrected chi connectivity index (χ2v) is 5.30. The molecule has 0 aromatic heterocycles. The number of carbonyl (C=O) groups excluding carboxylic acids is 1. The van der Waals surface area contributed by atoms with Gasteiger partial charge in [0.15, 0.2) is 0 Å². The second kappa shape index (κ2) is 7.90. The van der Waals surface area contributed by atoms with Gasteiger partial charge in [-0.1, -0.05) is 26.7 Å². The molecular weight excluding hydrogens is 252 g/mol. The predicted octanol–water partition coefficient (Wildman–Crippen LogP) is 2.28. The van der Waals surface area contributed by atoms with Crippen molar-refractivity contribution >= 4 is 11.6 Å². The quantitative estimate of drug-likeness (QED) is 0.804. The van der Waals surface area contributed by atoms with Gasteiger partial charge >= 0.3 is 0 Å². The summed E-state index contributed by atoms with van der Waals surface area (Å²) in [6.07, 6.45) is 1.37. The van der Waals surface area contributed by atoms with Gasteiger partial charge in [0.05, 0.1) is 6.10 Å². The van der Waals surface area contributed by atoms with Crippen molar-refractivity contribution in [1.29, 1.82) is 0 Å². The topological polar surface area (TPSA) is 52.6 Å². The molecular formula is C16H26N2O2. The van der Waals surface area contributed by atoms with Crippen molar-refractivity contribution in [3.63, 3.8) is 0 Å². The van der Waals surface area contributed by atoms with Gasteiger partial charge in [0.25, 0.3) is 5.91 Å². The van der Waals surface area contributed by atoms with Gasteiger partial charge < -0.3 is 15.3 Å². The number of rotatable bonds is 7. The zero-order chi connectivity index (χ0) is 15.1. The fourth-order valence-corrected chi connectivity index (χ4v) is 2.21. The van der Waals surface area contributed by atoms with Gasteiger partial charge in [-0.2, -0.15) is 0 Å². The van der Waals surface area contributed by atoms with Crippen LogP contribution in [0.15, 0.2) is 24.3 Å². The summed E-state index contributed by atoms with van der Waals surface area (Å²) in [5, 5.41) is 12.8. The molecule has 1 aromatic rings. The first-order chi connectivity index (χ1) is 9.49. The number of nitrogens with one attached hydrogen (secondary N) is 1. The highest BCUT2D eigenvalue weighted by Crippen LogP contribution is 2.14. The van der Waals surface area contributed by atoms with E-state index in [1.807, 2.05) is 31.1 Å². The average Bonchev–Trinajstić information content (AvgIpc) is 2.46. The number of carbonyl (C=O) groups is 1. The summed E-state index contributed by atoms with van der Waals surface area (Å²) in [5.74, 6) is 0.103. The number of aliphatic hydroxyl groups is 1. The minimum atomic E-state index is -0.477. The molecule has 1 amide bonds. The summed E-state index contributed by atoms with van der Waals surface area (Å²) in [4.78, 5) is 14.0. The molecule has 4 nitrogen and oxygen atoms in total. The fourth-order valence-electron chi connectivity index (χ4n) is 2.21. The van der Waals surface area contributed by atoms with E-state index < -0.39 is 6.10 Å². The van der Waals surface area contributed by atoms with E-state index >= 15 is 0 Å². The van der Waals surface area contributed by atoms with E-state index in [1.165, 1.54) is 0 Å². The molecule has 112 valence electrons. The molecule has 0 heterocycles. The normalized spacial score (nSPS) is 12.3. The van der Waals surface area contributed by atoms with Gasteiger partial charge in [0.1, 0.15) is 0 Å². The molecule has 2 N–H and O–H groups in total. The maximum atomic E-state index is 12.0. The Balaban J connectivity index is 2.54. The van der Waals surface area contributed by atoms with Crippen molar-refractivity contribution in [3.05, 3.63) is 29.8 Å². The van der Waals surface area contributed by atoms with Crippen molar-refractivity contribution < 1.29 is 9.90 Å². The summed E-state index contributed by atoms with van der Waals surface area (Å²) in [6, 6.07) is 7.42. The molecule has 1 atom stereocenters. The van der Waals surface area contributed by atoms with Crippen LogP contribution >= 0.6 is 0 Å². The third kappa shape index (κ3) is 4.53. The average molecular weight is 278 g/mol. The van der Waals surface area contributed by atoms with Crippen LogP contribution in [-0.4, -0.2) is 37.8 Å². The van der Waals surface area contributed by atoms with E-state index in [1.54, 1.807) is 12.1 Å². The molecule has 20 heavy (non-hydrogen) atoms. The van der Waals surface area contributed by atoms with E-state index in [4.69, 9.17) is 0 Å². The smallest absolute Gasteiger partial charge is 0.251 e. The van der Waals surface area contributed by atoms with Crippen molar-refractivity contribution in [2.75, 3.05) is 25.5 Å². The van der Waals surface area contributed by atoms with Gasteiger partial charge in [0.2, 0.25) is 0 Å². The third-order valence-corrected chi connectivity index (χ3v) is 3.71. The van der Waals surface area contributed by atoms with Crippen LogP contribution in [0.5, 0.6) is 0 Å². The van der Waals surface area contributed by atoms with Crippen molar-refractivity contribution in [2.45, 2.75) is 32.8 Å². The molecule has 1 unspecified atom stereocenters. The van der Waals surface area contributed by atoms with Crippen molar-refractivity contribution in [3.8, 4) is 0 Å². The number of anilines is 1. The van der Waals surface area contributed by atoms with Gasteiger partial charge in [0, 0.05) is 31.9 Å². The van der Waals surface area contributed by atoms with Crippen LogP contribution < -0.4 is 10.2 Å². The summed E-state index contributed by atoms with van der Waals surface area (Å²) in [5.41, 5.74) is 1.67. The van der Waals surface area contributed by atoms with Crippen LogP contribution in [0.2, 0.25) is 0 Å². The van der Waals surface area contributed by atoms with Crippen LogP contribution in [0.4, 0.5) is 5.69 Å². The van der Waals surface area contributed by atoms with Crippen molar-refractivity contribution in [1.82, 2.24) is 5.32 Å². The molecule has 1 aromatic carbocycles. The Kier molecular flexibility index (Phi) is 6.52. The van der Waals surface area contributed by atoms with Crippen LogP contribution in [-0.2, 0) is 0 Å². The summed E-state index contributed by atoms with van der Waals surface area (Å²) in [7, 11) is 3.92. The standard InChI is InChI=1S/C16H26N2O2/c1-5-12(6-2)15(19)11-17-16(20)13-7-9-14(10-8-13)18(3)4/h7-10,12,15,19H,5-6,11H2,1-4H3,(H,17,20). The van der Waals surface area contributed by atoms with E-state index in [9.17, 15) is 9.90 Å². The van der Waals surface area contributed by atoms with Gasteiger partial charge in [-0.05, 0) is 30.2 Å². The predicted molar refractivity (Wildman–Crippen MR) is 83.2 cm³/mol. The van der Waals surface area contributed by atoms with E-state index in [-0.39, 0.29) is 11.8 Å². The lowest BCUT2D eigenvalue weighted by molar-refractivity contribution is 0.0816. The molecule has 4 heteroatoms. The number of hydrogen-bond donors (Lipinski definition) is 2. The lowest BCUT2D eigenvalue weighted by Crippen LogP contribution is -2.36. The largest absolute Gasteiger partial charge is 0.391 e. The van der Waals surface area contributed by atoms with Gasteiger partial charge in [-0.25, -0.2) is 0 Å². The lowest BCUT2D eigenvalue weighted by Gasteiger charge is -2.20. The molecule has 0 fully saturated rings. The Morgan fingerprint density at radius 2 is 1.75 bits per heavy atom. The first-order valence-electron chi connectivity index (χ1n) is 7.23. The molecule has 1 rings (SSSR count). The third-order valence-electron chi connectivity index (χ3n) is 3.71. The fraction of sp³-hybridized carbons (Fsp3) is 0.562. The number of benzene rings is 1. The Bertz CT molecular complexity index is 411. The molecule has 0 saturated heterocycles. The molecule has 0 bridgehead atoms. The first-order valence-corrected chi connectivity index (χ1v) is 7.23. The first kappa shape index (κ1) is 16.5. The number of nitrogens with zero attached hydrogens (tertiary/aromatic N) is 1. The monoisotopic (exact) mass is 278 g/mol. The maximum absolute atomic E-state index is 12.0. The minimum Gasteiger partial charge on any atom is -0.391 e.